The van der Waals surface area contributed by atoms with Gasteiger partial charge in [-0.1, -0.05) is 38.1 Å². The minimum atomic E-state index is -0.670. The number of carbonyl (C=O) groups excluding carboxylic acids is 1. The Morgan fingerprint density at radius 2 is 1.50 bits per heavy atom. The van der Waals surface area contributed by atoms with Crippen LogP contribution in [0, 0.1) is 0 Å². The van der Waals surface area contributed by atoms with Crippen LogP contribution >= 0.6 is 0 Å². The summed E-state index contributed by atoms with van der Waals surface area (Å²) < 4.78 is 17.4. The number of aliphatic hydroxyl groups excluding tert-OH is 1. The van der Waals surface area contributed by atoms with Crippen molar-refractivity contribution in [2.45, 2.75) is 96.5 Å². The summed E-state index contributed by atoms with van der Waals surface area (Å²) in [5.41, 5.74) is 2.30. The standard InChI is InChI=1S/C32H41N3O5/c1-7-32(8-2,23-11-15-26(16-12-23)39-29-18-17-28(21(3)36)34-35-29)22-9-13-25(14-10-22)38-27-19-24(20-27)33-30(37)40-31(4,5)6/h9-18,21,24,27,36H,7-8,19-20H2,1-6H3,(H,33,37). The molecule has 8 nitrogen and oxygen atoms in total. The number of hydrogen-bond donors (Lipinski definition) is 2. The Morgan fingerprint density at radius 3 is 1.98 bits per heavy atom. The fourth-order valence-electron chi connectivity index (χ4n) is 5.10. The molecule has 214 valence electrons. The van der Waals surface area contributed by atoms with Gasteiger partial charge in [-0.25, -0.2) is 4.79 Å². The molecular formula is C32H41N3O5. The predicted molar refractivity (Wildman–Crippen MR) is 154 cm³/mol. The second-order valence-corrected chi connectivity index (χ2v) is 11.5. The molecule has 0 bridgehead atoms. The molecule has 1 heterocycles. The van der Waals surface area contributed by atoms with Crippen LogP contribution in [-0.2, 0) is 10.2 Å². The molecule has 1 fully saturated rings. The molecule has 8 heteroatoms. The van der Waals surface area contributed by atoms with Gasteiger partial charge in [0.05, 0.1) is 11.8 Å². The lowest BCUT2D eigenvalue weighted by Gasteiger charge is -2.36. The highest BCUT2D eigenvalue weighted by atomic mass is 16.6. The fourth-order valence-corrected chi connectivity index (χ4v) is 5.10. The molecule has 3 aromatic rings. The zero-order valence-corrected chi connectivity index (χ0v) is 24.3. The predicted octanol–water partition coefficient (Wildman–Crippen LogP) is 6.86. The number of ether oxygens (including phenoxy) is 3. The van der Waals surface area contributed by atoms with Crippen LogP contribution in [0.15, 0.2) is 60.7 Å². The third kappa shape index (κ3) is 7.10. The maximum atomic E-state index is 12.0. The van der Waals surface area contributed by atoms with Gasteiger partial charge in [0.2, 0.25) is 5.88 Å². The third-order valence-electron chi connectivity index (χ3n) is 7.45. The first-order chi connectivity index (χ1) is 19.0. The monoisotopic (exact) mass is 547 g/mol. The van der Waals surface area contributed by atoms with Crippen molar-refractivity contribution in [1.29, 1.82) is 0 Å². The number of amides is 1. The van der Waals surface area contributed by atoms with Gasteiger partial charge in [-0.2, -0.15) is 0 Å². The summed E-state index contributed by atoms with van der Waals surface area (Å²) in [6.07, 6.45) is 2.44. The number of alkyl carbamates (subject to hydrolysis) is 1. The number of nitrogens with zero attached hydrogens (tertiary/aromatic N) is 2. The zero-order chi connectivity index (χ0) is 28.9. The van der Waals surface area contributed by atoms with Gasteiger partial charge in [-0.3, -0.25) is 0 Å². The van der Waals surface area contributed by atoms with Crippen LogP contribution in [0.2, 0.25) is 0 Å². The molecule has 4 rings (SSSR count). The number of aliphatic hydroxyl groups is 1. The fraction of sp³-hybridized carbons (Fsp3) is 0.469. The SMILES string of the molecule is CCC(CC)(c1ccc(Oc2ccc(C(C)O)nn2)cc1)c1ccc(OC2CC(NC(=O)OC(C)(C)C)C2)cc1. The van der Waals surface area contributed by atoms with Crippen LogP contribution < -0.4 is 14.8 Å². The van der Waals surface area contributed by atoms with Crippen LogP contribution in [0.25, 0.3) is 0 Å². The molecule has 1 aromatic heterocycles. The number of hydrogen-bond acceptors (Lipinski definition) is 7. The average molecular weight is 548 g/mol. The van der Waals surface area contributed by atoms with Gasteiger partial charge in [0.1, 0.15) is 23.2 Å². The molecule has 1 aliphatic carbocycles. The van der Waals surface area contributed by atoms with E-state index in [9.17, 15) is 9.90 Å². The average Bonchev–Trinajstić information content (AvgIpc) is 2.89. The van der Waals surface area contributed by atoms with Gasteiger partial charge in [0, 0.05) is 30.4 Å². The molecule has 2 N–H and O–H groups in total. The normalized spacial score (nSPS) is 17.9. The Labute approximate surface area is 237 Å². The highest BCUT2D eigenvalue weighted by Crippen LogP contribution is 2.40. The van der Waals surface area contributed by atoms with E-state index >= 15 is 0 Å². The van der Waals surface area contributed by atoms with Gasteiger partial charge >= 0.3 is 6.09 Å². The molecule has 1 unspecified atom stereocenters. The van der Waals surface area contributed by atoms with Gasteiger partial charge < -0.3 is 24.6 Å². The highest BCUT2D eigenvalue weighted by molar-refractivity contribution is 5.68. The molecule has 1 saturated carbocycles. The van der Waals surface area contributed by atoms with E-state index in [4.69, 9.17) is 14.2 Å². The minimum absolute atomic E-state index is 0.0772. The number of aromatic nitrogens is 2. The van der Waals surface area contributed by atoms with E-state index in [1.165, 1.54) is 11.1 Å². The second-order valence-electron chi connectivity index (χ2n) is 11.5. The van der Waals surface area contributed by atoms with Crippen LogP contribution in [0.3, 0.4) is 0 Å². The van der Waals surface area contributed by atoms with Crippen LogP contribution in [0.4, 0.5) is 4.79 Å². The quantitative estimate of drug-likeness (QED) is 0.286. The molecule has 0 saturated heterocycles. The van der Waals surface area contributed by atoms with Crippen molar-refractivity contribution < 1.29 is 24.1 Å². The van der Waals surface area contributed by atoms with E-state index in [0.717, 1.165) is 31.4 Å². The molecular weight excluding hydrogens is 506 g/mol. The van der Waals surface area contributed by atoms with Crippen LogP contribution in [0.1, 0.15) is 90.2 Å². The Balaban J connectivity index is 1.37. The lowest BCUT2D eigenvalue weighted by molar-refractivity contribution is 0.0362. The highest BCUT2D eigenvalue weighted by Gasteiger charge is 2.34. The van der Waals surface area contributed by atoms with E-state index in [0.29, 0.717) is 17.3 Å². The van der Waals surface area contributed by atoms with Gasteiger partial charge in [-0.05, 0) is 82.0 Å². The molecule has 40 heavy (non-hydrogen) atoms. The Morgan fingerprint density at radius 1 is 0.925 bits per heavy atom. The summed E-state index contributed by atoms with van der Waals surface area (Å²) in [7, 11) is 0. The summed E-state index contributed by atoms with van der Waals surface area (Å²) in [5, 5.41) is 20.6. The lowest BCUT2D eigenvalue weighted by Crippen LogP contribution is -2.50. The van der Waals surface area contributed by atoms with Crippen molar-refractivity contribution >= 4 is 6.09 Å². The molecule has 0 radical (unpaired) electrons. The van der Waals surface area contributed by atoms with Crippen molar-refractivity contribution in [1.82, 2.24) is 15.5 Å². The van der Waals surface area contributed by atoms with Crippen molar-refractivity contribution in [3.8, 4) is 17.4 Å². The Kier molecular flexibility index (Phi) is 8.98. The van der Waals surface area contributed by atoms with Gasteiger partial charge in [0.15, 0.2) is 0 Å². The first-order valence-electron chi connectivity index (χ1n) is 14.1. The maximum absolute atomic E-state index is 12.0. The second kappa shape index (κ2) is 12.3. The Hall–Kier alpha value is -3.65. The number of nitrogens with one attached hydrogen (secondary N) is 1. The third-order valence-corrected chi connectivity index (χ3v) is 7.45. The zero-order valence-electron chi connectivity index (χ0n) is 24.3. The minimum Gasteiger partial charge on any atom is -0.490 e. The van der Waals surface area contributed by atoms with Gasteiger partial charge in [0.25, 0.3) is 0 Å². The van der Waals surface area contributed by atoms with Crippen LogP contribution in [-0.4, -0.2) is 39.1 Å². The lowest BCUT2D eigenvalue weighted by atomic mass is 9.70. The number of carbonyl (C=O) groups is 1. The van der Waals surface area contributed by atoms with Crippen LogP contribution in [0.5, 0.6) is 17.4 Å². The summed E-state index contributed by atoms with van der Waals surface area (Å²) in [5.74, 6) is 1.88. The first-order valence-corrected chi connectivity index (χ1v) is 14.1. The smallest absolute Gasteiger partial charge is 0.407 e. The van der Waals surface area contributed by atoms with E-state index in [1.807, 2.05) is 45.0 Å². The van der Waals surface area contributed by atoms with Crippen molar-refractivity contribution in [3.05, 3.63) is 77.5 Å². The summed E-state index contributed by atoms with van der Waals surface area (Å²) in [4.78, 5) is 12.0. The molecule has 0 spiro atoms. The number of benzene rings is 2. The van der Waals surface area contributed by atoms with Crippen molar-refractivity contribution in [3.63, 3.8) is 0 Å². The summed E-state index contributed by atoms with van der Waals surface area (Å²) in [6, 6.07) is 20.0. The molecule has 1 amide bonds. The Bertz CT molecular complexity index is 1240. The topological polar surface area (TPSA) is 103 Å². The molecule has 1 atom stereocenters. The van der Waals surface area contributed by atoms with Crippen molar-refractivity contribution in [2.75, 3.05) is 0 Å². The maximum Gasteiger partial charge on any atom is 0.407 e. The first kappa shape index (κ1) is 29.3. The summed E-state index contributed by atoms with van der Waals surface area (Å²) >= 11 is 0. The van der Waals surface area contributed by atoms with E-state index in [-0.39, 0.29) is 23.7 Å². The van der Waals surface area contributed by atoms with Crippen molar-refractivity contribution in [2.24, 2.45) is 0 Å². The molecule has 0 aliphatic heterocycles. The van der Waals surface area contributed by atoms with E-state index in [1.54, 1.807) is 19.1 Å². The van der Waals surface area contributed by atoms with Gasteiger partial charge in [-0.15, -0.1) is 10.2 Å². The number of rotatable bonds is 10. The summed E-state index contributed by atoms with van der Waals surface area (Å²) in [6.45, 7) is 11.6. The van der Waals surface area contributed by atoms with E-state index < -0.39 is 11.7 Å². The van der Waals surface area contributed by atoms with E-state index in [2.05, 4.69) is 53.6 Å². The molecule has 1 aliphatic rings. The molecule has 2 aromatic carbocycles. The largest absolute Gasteiger partial charge is 0.490 e.